The third-order valence-corrected chi connectivity index (χ3v) is 15.6. The minimum atomic E-state index is -0.608. The molecule has 0 unspecified atom stereocenters. The van der Waals surface area contributed by atoms with Crippen LogP contribution in [0.1, 0.15) is 44.5 Å². The standard InChI is InChI=1S/C62H39NOS/c1-2-20-40(21-3-1)41-22-7-14-34-53(41)63(54-35-18-32-51-59(54)44-25-6-10-28-47(44)62(51)48-29-11-15-37-56(48)64-57-38-16-12-30-49(57)62)55-36-19-33-52-60(55)65-58-39-17-13-31-50(58)61(52)45-26-8-4-23-42(45)43-24-5-9-27-46(43)61/h1-39H. The lowest BCUT2D eigenvalue weighted by atomic mass is 9.66. The largest absolute Gasteiger partial charge is 0.457 e. The lowest BCUT2D eigenvalue weighted by Crippen LogP contribution is -2.32. The highest BCUT2D eigenvalue weighted by Gasteiger charge is 2.53. The van der Waals surface area contributed by atoms with Gasteiger partial charge in [0.05, 0.1) is 27.9 Å². The summed E-state index contributed by atoms with van der Waals surface area (Å²) in [7, 11) is 0. The van der Waals surface area contributed by atoms with Crippen molar-refractivity contribution < 1.29 is 4.74 Å². The summed E-state index contributed by atoms with van der Waals surface area (Å²) in [6, 6.07) is 87.5. The van der Waals surface area contributed by atoms with Gasteiger partial charge in [-0.15, -0.1) is 0 Å². The summed E-state index contributed by atoms with van der Waals surface area (Å²) in [6.07, 6.45) is 0. The van der Waals surface area contributed by atoms with Crippen molar-refractivity contribution in [3.05, 3.63) is 281 Å². The van der Waals surface area contributed by atoms with Crippen molar-refractivity contribution in [2.24, 2.45) is 0 Å². The molecule has 4 aliphatic rings. The minimum absolute atomic E-state index is 0.518. The number of anilines is 3. The molecule has 65 heavy (non-hydrogen) atoms. The van der Waals surface area contributed by atoms with Crippen molar-refractivity contribution in [3.63, 3.8) is 0 Å². The maximum atomic E-state index is 6.75. The van der Waals surface area contributed by atoms with E-state index >= 15 is 0 Å². The lowest BCUT2D eigenvalue weighted by molar-refractivity contribution is 0.436. The molecule has 2 spiro atoms. The highest BCUT2D eigenvalue weighted by Crippen LogP contribution is 2.67. The van der Waals surface area contributed by atoms with Gasteiger partial charge in [-0.1, -0.05) is 212 Å². The Bertz CT molecular complexity index is 3500. The van der Waals surface area contributed by atoms with Crippen LogP contribution >= 0.6 is 11.8 Å². The van der Waals surface area contributed by atoms with E-state index in [4.69, 9.17) is 4.74 Å². The molecule has 0 saturated carbocycles. The molecule has 0 N–H and O–H groups in total. The second-order valence-electron chi connectivity index (χ2n) is 17.4. The Labute approximate surface area is 383 Å². The van der Waals surface area contributed by atoms with E-state index in [0.717, 1.165) is 39.7 Å². The average Bonchev–Trinajstić information content (AvgIpc) is 3.84. The van der Waals surface area contributed by atoms with Gasteiger partial charge in [-0.3, -0.25) is 0 Å². The molecule has 0 bridgehead atoms. The fourth-order valence-electron chi connectivity index (χ4n) is 12.0. The Kier molecular flexibility index (Phi) is 7.79. The van der Waals surface area contributed by atoms with Gasteiger partial charge >= 0.3 is 0 Å². The zero-order valence-electron chi connectivity index (χ0n) is 35.3. The van der Waals surface area contributed by atoms with Crippen LogP contribution in [0, 0.1) is 0 Å². The molecule has 3 heteroatoms. The first-order valence-electron chi connectivity index (χ1n) is 22.4. The molecule has 2 nitrogen and oxygen atoms in total. The van der Waals surface area contributed by atoms with Crippen LogP contribution in [-0.2, 0) is 10.8 Å². The van der Waals surface area contributed by atoms with Gasteiger partial charge in [-0.25, -0.2) is 0 Å². The molecule has 304 valence electrons. The summed E-state index contributed by atoms with van der Waals surface area (Å²) in [5.74, 6) is 1.78. The Morgan fingerprint density at radius 3 is 1.43 bits per heavy atom. The predicted octanol–water partition coefficient (Wildman–Crippen LogP) is 16.1. The van der Waals surface area contributed by atoms with E-state index in [0.29, 0.717) is 0 Å². The van der Waals surface area contributed by atoms with Crippen LogP contribution in [0.15, 0.2) is 246 Å². The molecule has 2 aliphatic carbocycles. The first kappa shape index (κ1) is 36.6. The Morgan fingerprint density at radius 2 is 0.754 bits per heavy atom. The lowest BCUT2D eigenvalue weighted by Gasteiger charge is -2.42. The van der Waals surface area contributed by atoms with Gasteiger partial charge < -0.3 is 9.64 Å². The van der Waals surface area contributed by atoms with Gasteiger partial charge in [0.2, 0.25) is 0 Å². The topological polar surface area (TPSA) is 12.5 Å². The molecular formula is C62H39NOS. The molecule has 2 heterocycles. The molecule has 2 aliphatic heterocycles. The average molecular weight is 846 g/mol. The summed E-state index contributed by atoms with van der Waals surface area (Å²) in [5, 5.41) is 0. The van der Waals surface area contributed by atoms with Gasteiger partial charge in [0.1, 0.15) is 11.5 Å². The number of para-hydroxylation sites is 3. The van der Waals surface area contributed by atoms with E-state index in [2.05, 4.69) is 241 Å². The third-order valence-electron chi connectivity index (χ3n) is 14.4. The number of nitrogens with zero attached hydrogens (tertiary/aromatic N) is 1. The SMILES string of the molecule is c1ccc(-c2ccccc2N(c2cccc3c2Sc2ccccc2C32c3ccccc3-c3ccccc32)c2cccc3c2-c2ccccc2C32c3ccccc3Oc3ccccc32)cc1. The first-order chi connectivity index (χ1) is 32.3. The second-order valence-corrected chi connectivity index (χ2v) is 18.5. The molecule has 0 fully saturated rings. The number of hydrogen-bond acceptors (Lipinski definition) is 3. The van der Waals surface area contributed by atoms with Gasteiger partial charge in [-0.05, 0) is 92.0 Å². The Hall–Kier alpha value is -7.85. The minimum Gasteiger partial charge on any atom is -0.457 e. The second kappa shape index (κ2) is 13.8. The molecule has 0 aromatic heterocycles. The number of fused-ring (bicyclic) bond motifs is 18. The summed E-state index contributed by atoms with van der Waals surface area (Å²) in [5.41, 5.74) is 19.8. The Morgan fingerprint density at radius 1 is 0.308 bits per heavy atom. The van der Waals surface area contributed by atoms with E-state index in [1.807, 2.05) is 11.8 Å². The molecule has 14 rings (SSSR count). The smallest absolute Gasteiger partial charge is 0.132 e. The molecule has 0 saturated heterocycles. The van der Waals surface area contributed by atoms with Crippen LogP contribution in [0.3, 0.4) is 0 Å². The van der Waals surface area contributed by atoms with Crippen molar-refractivity contribution in [1.82, 2.24) is 0 Å². The van der Waals surface area contributed by atoms with E-state index in [1.165, 1.54) is 76.6 Å². The van der Waals surface area contributed by atoms with Crippen molar-refractivity contribution in [2.45, 2.75) is 20.6 Å². The zero-order valence-corrected chi connectivity index (χ0v) is 36.1. The summed E-state index contributed by atoms with van der Waals surface area (Å²) in [6.45, 7) is 0. The first-order valence-corrected chi connectivity index (χ1v) is 23.2. The highest BCUT2D eigenvalue weighted by atomic mass is 32.2. The zero-order chi connectivity index (χ0) is 42.7. The summed E-state index contributed by atoms with van der Waals surface area (Å²) in [4.78, 5) is 5.11. The van der Waals surface area contributed by atoms with Gasteiger partial charge in [0.15, 0.2) is 0 Å². The Balaban J connectivity index is 1.11. The number of ether oxygens (including phenoxy) is 1. The van der Waals surface area contributed by atoms with E-state index in [9.17, 15) is 0 Å². The summed E-state index contributed by atoms with van der Waals surface area (Å²) >= 11 is 1.90. The third kappa shape index (κ3) is 4.80. The fourth-order valence-corrected chi connectivity index (χ4v) is 13.3. The van der Waals surface area contributed by atoms with Crippen LogP contribution in [-0.4, -0.2) is 0 Å². The maximum Gasteiger partial charge on any atom is 0.132 e. The molecule has 0 radical (unpaired) electrons. The van der Waals surface area contributed by atoms with Crippen molar-refractivity contribution >= 4 is 28.8 Å². The van der Waals surface area contributed by atoms with Crippen LogP contribution < -0.4 is 9.64 Å². The van der Waals surface area contributed by atoms with E-state index < -0.39 is 10.8 Å². The quantitative estimate of drug-likeness (QED) is 0.175. The van der Waals surface area contributed by atoms with Crippen LogP contribution in [0.4, 0.5) is 17.1 Å². The number of benzene rings is 10. The molecule has 10 aromatic rings. The van der Waals surface area contributed by atoms with Crippen LogP contribution in [0.2, 0.25) is 0 Å². The van der Waals surface area contributed by atoms with E-state index in [-0.39, 0.29) is 0 Å². The van der Waals surface area contributed by atoms with Crippen molar-refractivity contribution in [3.8, 4) is 44.9 Å². The van der Waals surface area contributed by atoms with Crippen LogP contribution in [0.25, 0.3) is 33.4 Å². The van der Waals surface area contributed by atoms with Crippen molar-refractivity contribution in [1.29, 1.82) is 0 Å². The highest BCUT2D eigenvalue weighted by molar-refractivity contribution is 7.99. The predicted molar refractivity (Wildman–Crippen MR) is 265 cm³/mol. The molecule has 10 aromatic carbocycles. The van der Waals surface area contributed by atoms with Gasteiger partial charge in [-0.2, -0.15) is 0 Å². The number of rotatable bonds is 4. The maximum absolute atomic E-state index is 6.75. The van der Waals surface area contributed by atoms with Crippen molar-refractivity contribution in [2.75, 3.05) is 4.90 Å². The fraction of sp³-hybridized carbons (Fsp3) is 0.0323. The van der Waals surface area contributed by atoms with E-state index in [1.54, 1.807) is 0 Å². The van der Waals surface area contributed by atoms with Gasteiger partial charge in [0.25, 0.3) is 0 Å². The normalized spacial score (nSPS) is 14.5. The molecular weight excluding hydrogens is 807 g/mol. The number of hydrogen-bond donors (Lipinski definition) is 0. The monoisotopic (exact) mass is 845 g/mol. The summed E-state index contributed by atoms with van der Waals surface area (Å²) < 4.78 is 6.75. The van der Waals surface area contributed by atoms with Crippen LogP contribution in [0.5, 0.6) is 11.5 Å². The molecule has 0 atom stereocenters. The molecule has 0 amide bonds. The van der Waals surface area contributed by atoms with Gasteiger partial charge in [0, 0.05) is 32.0 Å².